The van der Waals surface area contributed by atoms with Crippen LogP contribution in [0, 0.1) is 11.6 Å². The number of ketones is 1. The number of carbonyl (C=O) groups excluding carboxylic acids is 1. The third kappa shape index (κ3) is 2.74. The summed E-state index contributed by atoms with van der Waals surface area (Å²) in [6, 6.07) is 4.49. The standard InChI is InChI=1S/C13H11F2NO2/c1-16-5-4-9(7-16)12(17)8-18-13-6-10(14)2-3-11(13)15/h2-7H,8H2,1H3. The van der Waals surface area contributed by atoms with Crippen molar-refractivity contribution in [2.45, 2.75) is 0 Å². The average Bonchev–Trinajstić information content (AvgIpc) is 2.77. The normalized spacial score (nSPS) is 10.4. The number of Topliss-reactive ketones (excluding diaryl/α,β-unsaturated/α-hetero) is 1. The van der Waals surface area contributed by atoms with Gasteiger partial charge in [0.05, 0.1) is 0 Å². The van der Waals surface area contributed by atoms with Crippen molar-refractivity contribution in [3.8, 4) is 5.75 Å². The van der Waals surface area contributed by atoms with Crippen LogP contribution in [0.25, 0.3) is 0 Å². The molecule has 0 unspecified atom stereocenters. The van der Waals surface area contributed by atoms with E-state index in [0.29, 0.717) is 5.56 Å². The quantitative estimate of drug-likeness (QED) is 0.782. The summed E-state index contributed by atoms with van der Waals surface area (Å²) in [4.78, 5) is 11.7. The Morgan fingerprint density at radius 3 is 2.78 bits per heavy atom. The van der Waals surface area contributed by atoms with Crippen LogP contribution in [0.1, 0.15) is 10.4 Å². The lowest BCUT2D eigenvalue weighted by atomic mass is 10.2. The molecule has 0 saturated carbocycles. The Labute approximate surface area is 103 Å². The maximum absolute atomic E-state index is 13.2. The second kappa shape index (κ2) is 5.00. The predicted molar refractivity (Wildman–Crippen MR) is 61.6 cm³/mol. The van der Waals surface area contributed by atoms with E-state index in [4.69, 9.17) is 4.74 Å². The van der Waals surface area contributed by atoms with Gasteiger partial charge in [-0.2, -0.15) is 0 Å². The van der Waals surface area contributed by atoms with Crippen LogP contribution in [0.3, 0.4) is 0 Å². The van der Waals surface area contributed by atoms with E-state index in [9.17, 15) is 13.6 Å². The molecule has 0 fully saturated rings. The molecule has 2 rings (SSSR count). The lowest BCUT2D eigenvalue weighted by Crippen LogP contribution is -2.11. The van der Waals surface area contributed by atoms with Gasteiger partial charge in [-0.3, -0.25) is 4.79 Å². The molecule has 3 nitrogen and oxygen atoms in total. The minimum atomic E-state index is -0.697. The molecule has 94 valence electrons. The van der Waals surface area contributed by atoms with E-state index in [2.05, 4.69) is 0 Å². The summed E-state index contributed by atoms with van der Waals surface area (Å²) in [5.74, 6) is -1.87. The van der Waals surface area contributed by atoms with Gasteiger partial charge in [-0.1, -0.05) is 0 Å². The van der Waals surface area contributed by atoms with Crippen LogP contribution < -0.4 is 4.74 Å². The minimum absolute atomic E-state index is 0.265. The molecule has 0 N–H and O–H groups in total. The first-order chi connectivity index (χ1) is 8.56. The second-order valence-corrected chi connectivity index (χ2v) is 3.85. The number of aryl methyl sites for hydroxylation is 1. The van der Waals surface area contributed by atoms with Crippen molar-refractivity contribution in [3.05, 3.63) is 53.9 Å². The molecule has 18 heavy (non-hydrogen) atoms. The van der Waals surface area contributed by atoms with Crippen molar-refractivity contribution in [2.24, 2.45) is 7.05 Å². The number of hydrogen-bond donors (Lipinski definition) is 0. The molecular formula is C13H11F2NO2. The highest BCUT2D eigenvalue weighted by Crippen LogP contribution is 2.18. The zero-order valence-electron chi connectivity index (χ0n) is 9.69. The van der Waals surface area contributed by atoms with Crippen molar-refractivity contribution in [3.63, 3.8) is 0 Å². The van der Waals surface area contributed by atoms with Crippen LogP contribution in [-0.2, 0) is 7.05 Å². The Bertz CT molecular complexity index is 578. The minimum Gasteiger partial charge on any atom is -0.482 e. The zero-order valence-corrected chi connectivity index (χ0v) is 9.69. The van der Waals surface area contributed by atoms with Crippen LogP contribution in [-0.4, -0.2) is 17.0 Å². The Kier molecular flexibility index (Phi) is 3.41. The molecule has 0 aliphatic carbocycles. The Balaban J connectivity index is 2.03. The van der Waals surface area contributed by atoms with Gasteiger partial charge < -0.3 is 9.30 Å². The molecule has 1 aromatic carbocycles. The van der Waals surface area contributed by atoms with Gasteiger partial charge in [0.2, 0.25) is 5.78 Å². The molecule has 2 aromatic rings. The Hall–Kier alpha value is -2.17. The van der Waals surface area contributed by atoms with Gasteiger partial charge in [-0.15, -0.1) is 0 Å². The molecule has 0 bridgehead atoms. The third-order valence-corrected chi connectivity index (χ3v) is 2.41. The van der Waals surface area contributed by atoms with Crippen molar-refractivity contribution < 1.29 is 18.3 Å². The fourth-order valence-electron chi connectivity index (χ4n) is 1.48. The Morgan fingerprint density at radius 2 is 2.11 bits per heavy atom. The summed E-state index contributed by atoms with van der Waals surface area (Å²) in [6.45, 7) is -0.329. The molecule has 0 aliphatic rings. The largest absolute Gasteiger partial charge is 0.482 e. The zero-order chi connectivity index (χ0) is 13.1. The first-order valence-corrected chi connectivity index (χ1v) is 5.29. The lowest BCUT2D eigenvalue weighted by molar-refractivity contribution is 0.0918. The molecule has 0 aliphatic heterocycles. The van der Waals surface area contributed by atoms with E-state index in [1.165, 1.54) is 0 Å². The van der Waals surface area contributed by atoms with E-state index in [1.54, 1.807) is 30.1 Å². The maximum Gasteiger partial charge on any atom is 0.201 e. The number of benzene rings is 1. The number of halogens is 2. The fourth-order valence-corrected chi connectivity index (χ4v) is 1.48. The highest BCUT2D eigenvalue weighted by atomic mass is 19.1. The van der Waals surface area contributed by atoms with Crippen LogP contribution in [0.2, 0.25) is 0 Å². The van der Waals surface area contributed by atoms with Gasteiger partial charge in [0.1, 0.15) is 5.82 Å². The fraction of sp³-hybridized carbons (Fsp3) is 0.154. The van der Waals surface area contributed by atoms with Crippen molar-refractivity contribution >= 4 is 5.78 Å². The highest BCUT2D eigenvalue weighted by molar-refractivity contribution is 5.97. The predicted octanol–water partition coefficient (Wildman–Crippen LogP) is 2.57. The van der Waals surface area contributed by atoms with Gasteiger partial charge in [0.25, 0.3) is 0 Å². The number of rotatable bonds is 4. The van der Waals surface area contributed by atoms with E-state index < -0.39 is 11.6 Å². The topological polar surface area (TPSA) is 31.2 Å². The number of ether oxygens (including phenoxy) is 1. The van der Waals surface area contributed by atoms with Gasteiger partial charge in [0.15, 0.2) is 18.2 Å². The monoisotopic (exact) mass is 251 g/mol. The molecule has 0 atom stereocenters. The second-order valence-electron chi connectivity index (χ2n) is 3.85. The molecule has 0 saturated heterocycles. The molecule has 0 radical (unpaired) electrons. The number of hydrogen-bond acceptors (Lipinski definition) is 2. The van der Waals surface area contributed by atoms with E-state index >= 15 is 0 Å². The van der Waals surface area contributed by atoms with Gasteiger partial charge in [-0.25, -0.2) is 8.78 Å². The van der Waals surface area contributed by atoms with Crippen LogP contribution in [0.5, 0.6) is 5.75 Å². The van der Waals surface area contributed by atoms with Crippen molar-refractivity contribution in [1.82, 2.24) is 4.57 Å². The van der Waals surface area contributed by atoms with Crippen LogP contribution >= 0.6 is 0 Å². The van der Waals surface area contributed by atoms with E-state index in [-0.39, 0.29) is 18.1 Å². The SMILES string of the molecule is Cn1ccc(C(=O)COc2cc(F)ccc2F)c1. The smallest absolute Gasteiger partial charge is 0.201 e. The first-order valence-electron chi connectivity index (χ1n) is 5.29. The van der Waals surface area contributed by atoms with E-state index in [1.807, 2.05) is 0 Å². The number of aromatic nitrogens is 1. The van der Waals surface area contributed by atoms with Crippen molar-refractivity contribution in [1.29, 1.82) is 0 Å². The highest BCUT2D eigenvalue weighted by Gasteiger charge is 2.10. The molecule has 1 aromatic heterocycles. The van der Waals surface area contributed by atoms with Crippen LogP contribution in [0.15, 0.2) is 36.7 Å². The third-order valence-electron chi connectivity index (χ3n) is 2.41. The summed E-state index contributed by atoms with van der Waals surface area (Å²) in [6.07, 6.45) is 3.35. The maximum atomic E-state index is 13.2. The summed E-state index contributed by atoms with van der Waals surface area (Å²) in [5, 5.41) is 0. The molecule has 0 amide bonds. The molecule has 5 heteroatoms. The lowest BCUT2D eigenvalue weighted by Gasteiger charge is -2.05. The molecule has 0 spiro atoms. The average molecular weight is 251 g/mol. The van der Waals surface area contributed by atoms with E-state index in [0.717, 1.165) is 18.2 Å². The number of nitrogens with zero attached hydrogens (tertiary/aromatic N) is 1. The molecular weight excluding hydrogens is 240 g/mol. The summed E-state index contributed by atoms with van der Waals surface area (Å²) in [5.41, 5.74) is 0.467. The van der Waals surface area contributed by atoms with Crippen molar-refractivity contribution in [2.75, 3.05) is 6.61 Å². The summed E-state index contributed by atoms with van der Waals surface area (Å²) in [7, 11) is 1.78. The first kappa shape index (κ1) is 12.3. The molecule has 1 heterocycles. The van der Waals surface area contributed by atoms with Gasteiger partial charge in [0, 0.05) is 31.1 Å². The summed E-state index contributed by atoms with van der Waals surface area (Å²) < 4.78 is 32.8. The van der Waals surface area contributed by atoms with Gasteiger partial charge in [-0.05, 0) is 18.2 Å². The summed E-state index contributed by atoms with van der Waals surface area (Å²) >= 11 is 0. The Morgan fingerprint density at radius 1 is 1.33 bits per heavy atom. The van der Waals surface area contributed by atoms with Gasteiger partial charge >= 0.3 is 0 Å². The number of carbonyl (C=O) groups is 1. The van der Waals surface area contributed by atoms with Crippen LogP contribution in [0.4, 0.5) is 8.78 Å².